The number of benzene rings is 1. The van der Waals surface area contributed by atoms with Crippen molar-refractivity contribution in [2.24, 2.45) is 0 Å². The Morgan fingerprint density at radius 1 is 1.22 bits per heavy atom. The van der Waals surface area contributed by atoms with Crippen molar-refractivity contribution in [2.45, 2.75) is 6.18 Å². The van der Waals surface area contributed by atoms with Crippen LogP contribution in [0.1, 0.15) is 20.7 Å². The van der Waals surface area contributed by atoms with Gasteiger partial charge in [0.15, 0.2) is 0 Å². The molecule has 0 aromatic heterocycles. The molecule has 0 saturated carbocycles. The van der Waals surface area contributed by atoms with Crippen LogP contribution in [0.4, 0.5) is 13.2 Å². The van der Waals surface area contributed by atoms with Gasteiger partial charge in [0.25, 0.3) is 5.91 Å². The fourth-order valence-electron chi connectivity index (χ4n) is 1.40. The van der Waals surface area contributed by atoms with Gasteiger partial charge in [0.05, 0.1) is 11.1 Å². The van der Waals surface area contributed by atoms with Crippen molar-refractivity contribution in [3.05, 3.63) is 35.4 Å². The van der Waals surface area contributed by atoms with Crippen LogP contribution in [0.15, 0.2) is 24.3 Å². The lowest BCUT2D eigenvalue weighted by Crippen LogP contribution is -2.36. The fraction of sp³-hybridized carbons (Fsp3) is 0.273. The van der Waals surface area contributed by atoms with Gasteiger partial charge in [0.2, 0.25) is 0 Å². The Labute approximate surface area is 101 Å². The molecule has 0 aliphatic carbocycles. The predicted molar refractivity (Wildman–Crippen MR) is 56.4 cm³/mol. The molecule has 0 saturated heterocycles. The molecule has 4 nitrogen and oxygen atoms in total. The molecule has 18 heavy (non-hydrogen) atoms. The highest BCUT2D eigenvalue weighted by Crippen LogP contribution is 2.18. The van der Waals surface area contributed by atoms with Gasteiger partial charge < -0.3 is 10.0 Å². The summed E-state index contributed by atoms with van der Waals surface area (Å²) in [6.07, 6.45) is -4.53. The van der Waals surface area contributed by atoms with Crippen LogP contribution in [0, 0.1) is 0 Å². The maximum atomic E-state index is 12.1. The number of carbonyl (C=O) groups is 2. The number of nitrogens with zero attached hydrogens (tertiary/aromatic N) is 1. The van der Waals surface area contributed by atoms with E-state index in [4.69, 9.17) is 5.11 Å². The van der Waals surface area contributed by atoms with E-state index in [1.54, 1.807) is 0 Å². The van der Waals surface area contributed by atoms with Gasteiger partial charge in [-0.1, -0.05) is 12.1 Å². The van der Waals surface area contributed by atoms with Crippen LogP contribution in [-0.2, 0) is 0 Å². The average molecular weight is 261 g/mol. The van der Waals surface area contributed by atoms with E-state index in [-0.39, 0.29) is 11.1 Å². The molecule has 0 aliphatic rings. The standard InChI is InChI=1S/C11H10F3NO3/c1-15(6-11(12,13)14)9(16)7-4-2-3-5-8(7)10(17)18/h2-5H,6H2,1H3,(H,17,18). The van der Waals surface area contributed by atoms with Gasteiger partial charge in [-0.25, -0.2) is 4.79 Å². The van der Waals surface area contributed by atoms with Gasteiger partial charge in [-0.3, -0.25) is 4.79 Å². The number of hydrogen-bond acceptors (Lipinski definition) is 2. The van der Waals surface area contributed by atoms with Crippen molar-refractivity contribution in [3.63, 3.8) is 0 Å². The number of carboxylic acids is 1. The third-order valence-electron chi connectivity index (χ3n) is 2.15. The van der Waals surface area contributed by atoms with Crippen molar-refractivity contribution >= 4 is 11.9 Å². The van der Waals surface area contributed by atoms with Crippen LogP contribution in [-0.4, -0.2) is 41.7 Å². The van der Waals surface area contributed by atoms with Crippen LogP contribution in [0.25, 0.3) is 0 Å². The van der Waals surface area contributed by atoms with E-state index in [1.807, 2.05) is 0 Å². The summed E-state index contributed by atoms with van der Waals surface area (Å²) >= 11 is 0. The van der Waals surface area contributed by atoms with Crippen LogP contribution in [0.3, 0.4) is 0 Å². The number of halogens is 3. The van der Waals surface area contributed by atoms with E-state index in [9.17, 15) is 22.8 Å². The summed E-state index contributed by atoms with van der Waals surface area (Å²) < 4.78 is 36.4. The van der Waals surface area contributed by atoms with Crippen molar-refractivity contribution < 1.29 is 27.9 Å². The minimum atomic E-state index is -4.53. The van der Waals surface area contributed by atoms with Gasteiger partial charge >= 0.3 is 12.1 Å². The molecule has 1 N–H and O–H groups in total. The highest BCUT2D eigenvalue weighted by molar-refractivity contribution is 6.04. The molecule has 0 atom stereocenters. The first-order chi connectivity index (χ1) is 8.22. The molecule has 98 valence electrons. The summed E-state index contributed by atoms with van der Waals surface area (Å²) in [5, 5.41) is 8.84. The predicted octanol–water partition coefficient (Wildman–Crippen LogP) is 2.02. The summed E-state index contributed by atoms with van der Waals surface area (Å²) in [6.45, 7) is -1.43. The topological polar surface area (TPSA) is 57.6 Å². The zero-order valence-electron chi connectivity index (χ0n) is 9.36. The minimum absolute atomic E-state index is 0.267. The Balaban J connectivity index is 3.01. The van der Waals surface area contributed by atoms with E-state index in [2.05, 4.69) is 0 Å². The quantitative estimate of drug-likeness (QED) is 0.905. The van der Waals surface area contributed by atoms with Crippen molar-refractivity contribution in [1.82, 2.24) is 4.90 Å². The van der Waals surface area contributed by atoms with Gasteiger partial charge in [-0.05, 0) is 12.1 Å². The molecular weight excluding hydrogens is 251 g/mol. The van der Waals surface area contributed by atoms with Crippen molar-refractivity contribution in [2.75, 3.05) is 13.6 Å². The Bertz CT molecular complexity index is 471. The number of alkyl halides is 3. The van der Waals surface area contributed by atoms with Crippen LogP contribution in [0.2, 0.25) is 0 Å². The van der Waals surface area contributed by atoms with Gasteiger partial charge in [0.1, 0.15) is 6.54 Å². The molecule has 1 rings (SSSR count). The second-order valence-corrected chi connectivity index (χ2v) is 3.63. The molecule has 0 unspecified atom stereocenters. The summed E-state index contributed by atoms with van der Waals surface area (Å²) in [5.74, 6) is -2.34. The largest absolute Gasteiger partial charge is 0.478 e. The second kappa shape index (κ2) is 5.07. The molecule has 1 aromatic carbocycles. The zero-order chi connectivity index (χ0) is 13.9. The first kappa shape index (κ1) is 14.0. The minimum Gasteiger partial charge on any atom is -0.478 e. The Morgan fingerprint density at radius 3 is 2.17 bits per heavy atom. The maximum Gasteiger partial charge on any atom is 0.406 e. The Kier molecular flexibility index (Phi) is 3.95. The van der Waals surface area contributed by atoms with Gasteiger partial charge in [-0.2, -0.15) is 13.2 Å². The van der Waals surface area contributed by atoms with Crippen molar-refractivity contribution in [1.29, 1.82) is 0 Å². The summed E-state index contributed by atoms with van der Waals surface area (Å²) in [5.41, 5.74) is -0.590. The zero-order valence-corrected chi connectivity index (χ0v) is 9.36. The average Bonchev–Trinajstić information content (AvgIpc) is 2.25. The smallest absolute Gasteiger partial charge is 0.406 e. The number of hydrogen-bond donors (Lipinski definition) is 1. The number of rotatable bonds is 3. The normalized spacial score (nSPS) is 11.1. The van der Waals surface area contributed by atoms with E-state index >= 15 is 0 Å². The third kappa shape index (κ3) is 3.47. The van der Waals surface area contributed by atoms with Crippen molar-refractivity contribution in [3.8, 4) is 0 Å². The fourth-order valence-corrected chi connectivity index (χ4v) is 1.40. The molecule has 0 aliphatic heterocycles. The van der Waals surface area contributed by atoms with E-state index in [1.165, 1.54) is 18.2 Å². The Hall–Kier alpha value is -2.05. The molecule has 7 heteroatoms. The first-order valence-electron chi connectivity index (χ1n) is 4.87. The molecule has 0 radical (unpaired) electrons. The molecule has 1 aromatic rings. The molecule has 0 bridgehead atoms. The monoisotopic (exact) mass is 261 g/mol. The van der Waals surface area contributed by atoms with Crippen LogP contribution >= 0.6 is 0 Å². The lowest BCUT2D eigenvalue weighted by atomic mass is 10.1. The van der Waals surface area contributed by atoms with E-state index in [0.29, 0.717) is 4.90 Å². The highest BCUT2D eigenvalue weighted by Gasteiger charge is 2.32. The summed E-state index contributed by atoms with van der Waals surface area (Å²) in [6, 6.07) is 5.13. The third-order valence-corrected chi connectivity index (χ3v) is 2.15. The van der Waals surface area contributed by atoms with E-state index in [0.717, 1.165) is 13.1 Å². The van der Waals surface area contributed by atoms with E-state index < -0.39 is 24.6 Å². The number of carbonyl (C=O) groups excluding carboxylic acids is 1. The molecular formula is C11H10F3NO3. The molecule has 0 spiro atoms. The Morgan fingerprint density at radius 2 is 1.72 bits per heavy atom. The molecule has 1 amide bonds. The first-order valence-corrected chi connectivity index (χ1v) is 4.87. The lowest BCUT2D eigenvalue weighted by molar-refractivity contribution is -0.138. The number of aromatic carboxylic acids is 1. The SMILES string of the molecule is CN(CC(F)(F)F)C(=O)c1ccccc1C(=O)O. The van der Waals surface area contributed by atoms with Gasteiger partial charge in [-0.15, -0.1) is 0 Å². The maximum absolute atomic E-state index is 12.1. The summed E-state index contributed by atoms with van der Waals surface area (Å²) in [4.78, 5) is 23.0. The lowest BCUT2D eigenvalue weighted by Gasteiger charge is -2.19. The summed E-state index contributed by atoms with van der Waals surface area (Å²) in [7, 11) is 0.967. The number of carboxylic acid groups (broad SMARTS) is 1. The molecule has 0 fully saturated rings. The number of amides is 1. The highest BCUT2D eigenvalue weighted by atomic mass is 19.4. The van der Waals surface area contributed by atoms with Crippen LogP contribution < -0.4 is 0 Å². The van der Waals surface area contributed by atoms with Crippen LogP contribution in [0.5, 0.6) is 0 Å². The molecule has 0 heterocycles. The van der Waals surface area contributed by atoms with Gasteiger partial charge in [0, 0.05) is 7.05 Å². The second-order valence-electron chi connectivity index (χ2n) is 3.63.